The van der Waals surface area contributed by atoms with E-state index in [0.717, 1.165) is 37.6 Å². The number of rotatable bonds is 8. The first-order chi connectivity index (χ1) is 9.82. The van der Waals surface area contributed by atoms with Gasteiger partial charge in [0.1, 0.15) is 11.6 Å². The number of ether oxygens (including phenoxy) is 1. The summed E-state index contributed by atoms with van der Waals surface area (Å²) in [5.41, 5.74) is -0.0916. The van der Waals surface area contributed by atoms with E-state index in [9.17, 15) is 0 Å². The average Bonchev–Trinajstić information content (AvgIpc) is 2.40. The van der Waals surface area contributed by atoms with E-state index in [1.165, 1.54) is 0 Å². The van der Waals surface area contributed by atoms with Crippen molar-refractivity contribution < 1.29 is 4.74 Å². The van der Waals surface area contributed by atoms with Crippen LogP contribution in [0.3, 0.4) is 0 Å². The van der Waals surface area contributed by atoms with Gasteiger partial charge < -0.3 is 15.0 Å². The third-order valence-corrected chi connectivity index (χ3v) is 2.93. The molecule has 0 bridgehead atoms. The Morgan fingerprint density at radius 2 is 1.95 bits per heavy atom. The van der Waals surface area contributed by atoms with Gasteiger partial charge in [0.15, 0.2) is 0 Å². The summed E-state index contributed by atoms with van der Waals surface area (Å²) < 4.78 is 5.80. The second kappa shape index (κ2) is 8.17. The molecule has 0 radical (unpaired) electrons. The van der Waals surface area contributed by atoms with Crippen LogP contribution in [0.5, 0.6) is 5.88 Å². The molecule has 120 valence electrons. The van der Waals surface area contributed by atoms with Gasteiger partial charge >= 0.3 is 0 Å². The zero-order valence-corrected chi connectivity index (χ0v) is 14.4. The highest BCUT2D eigenvalue weighted by molar-refractivity contribution is 5.39. The van der Waals surface area contributed by atoms with Crippen molar-refractivity contribution in [3.8, 4) is 5.88 Å². The van der Waals surface area contributed by atoms with Gasteiger partial charge in [-0.2, -0.15) is 4.98 Å². The molecule has 0 amide bonds. The Balaban J connectivity index is 2.76. The Morgan fingerprint density at radius 1 is 1.24 bits per heavy atom. The molecule has 5 heteroatoms. The van der Waals surface area contributed by atoms with Crippen LogP contribution < -0.4 is 10.1 Å². The lowest BCUT2D eigenvalue weighted by molar-refractivity contribution is 0.271. The van der Waals surface area contributed by atoms with Gasteiger partial charge in [-0.05, 0) is 26.9 Å². The number of anilines is 1. The first kappa shape index (κ1) is 17.7. The van der Waals surface area contributed by atoms with Gasteiger partial charge in [-0.15, -0.1) is 0 Å². The quantitative estimate of drug-likeness (QED) is 0.747. The van der Waals surface area contributed by atoms with Crippen LogP contribution in [0.4, 0.5) is 5.82 Å². The van der Waals surface area contributed by atoms with E-state index < -0.39 is 0 Å². The Morgan fingerprint density at radius 3 is 2.52 bits per heavy atom. The predicted octanol–water partition coefficient (Wildman–Crippen LogP) is 2.93. The van der Waals surface area contributed by atoms with Crippen LogP contribution in [0, 0.1) is 0 Å². The lowest BCUT2D eigenvalue weighted by Crippen LogP contribution is -2.19. The zero-order valence-electron chi connectivity index (χ0n) is 14.4. The van der Waals surface area contributed by atoms with Gasteiger partial charge in [-0.1, -0.05) is 27.7 Å². The second-order valence-corrected chi connectivity index (χ2v) is 6.60. The van der Waals surface area contributed by atoms with Crippen molar-refractivity contribution in [3.05, 3.63) is 11.9 Å². The van der Waals surface area contributed by atoms with Gasteiger partial charge in [-0.25, -0.2) is 4.98 Å². The monoisotopic (exact) mass is 294 g/mol. The first-order valence-corrected chi connectivity index (χ1v) is 7.74. The van der Waals surface area contributed by atoms with Crippen molar-refractivity contribution in [2.24, 2.45) is 0 Å². The SMILES string of the molecule is CCCNc1cc(OCCCN(C)C)nc(C(C)(C)C)n1. The summed E-state index contributed by atoms with van der Waals surface area (Å²) in [6.45, 7) is 11.1. The van der Waals surface area contributed by atoms with Crippen molar-refractivity contribution >= 4 is 5.82 Å². The molecule has 1 N–H and O–H groups in total. The average molecular weight is 294 g/mol. The third-order valence-electron chi connectivity index (χ3n) is 2.93. The summed E-state index contributed by atoms with van der Waals surface area (Å²) >= 11 is 0. The lowest BCUT2D eigenvalue weighted by atomic mass is 9.96. The number of hydrogen-bond donors (Lipinski definition) is 1. The molecule has 0 aliphatic rings. The molecule has 0 atom stereocenters. The lowest BCUT2D eigenvalue weighted by Gasteiger charge is -2.19. The maximum atomic E-state index is 5.80. The molecule has 0 saturated carbocycles. The highest BCUT2D eigenvalue weighted by atomic mass is 16.5. The predicted molar refractivity (Wildman–Crippen MR) is 88.2 cm³/mol. The molecule has 1 aromatic heterocycles. The van der Waals surface area contributed by atoms with Gasteiger partial charge in [0.2, 0.25) is 5.88 Å². The normalized spacial score (nSPS) is 11.8. The van der Waals surface area contributed by atoms with Crippen LogP contribution in [0.15, 0.2) is 6.07 Å². The van der Waals surface area contributed by atoms with Crippen LogP contribution in [-0.2, 0) is 5.41 Å². The molecule has 1 heterocycles. The fourth-order valence-corrected chi connectivity index (χ4v) is 1.74. The Bertz CT molecular complexity index is 427. The van der Waals surface area contributed by atoms with Crippen LogP contribution in [0.2, 0.25) is 0 Å². The molecule has 0 unspecified atom stereocenters. The fourth-order valence-electron chi connectivity index (χ4n) is 1.74. The number of nitrogens with one attached hydrogen (secondary N) is 1. The highest BCUT2D eigenvalue weighted by Crippen LogP contribution is 2.23. The van der Waals surface area contributed by atoms with E-state index in [-0.39, 0.29) is 5.41 Å². The van der Waals surface area contributed by atoms with Crippen molar-refractivity contribution in [2.75, 3.05) is 39.1 Å². The largest absolute Gasteiger partial charge is 0.477 e. The van der Waals surface area contributed by atoms with E-state index in [1.54, 1.807) is 0 Å². The minimum atomic E-state index is -0.0916. The summed E-state index contributed by atoms with van der Waals surface area (Å²) in [6, 6.07) is 1.89. The maximum Gasteiger partial charge on any atom is 0.218 e. The smallest absolute Gasteiger partial charge is 0.218 e. The molecule has 0 aliphatic heterocycles. The van der Waals surface area contributed by atoms with Crippen LogP contribution in [0.25, 0.3) is 0 Å². The summed E-state index contributed by atoms with van der Waals surface area (Å²) in [4.78, 5) is 11.3. The molecule has 0 saturated heterocycles. The van der Waals surface area contributed by atoms with Gasteiger partial charge in [0.25, 0.3) is 0 Å². The third kappa shape index (κ3) is 6.76. The number of hydrogen-bond acceptors (Lipinski definition) is 5. The second-order valence-electron chi connectivity index (χ2n) is 6.60. The highest BCUT2D eigenvalue weighted by Gasteiger charge is 2.19. The molecule has 0 aromatic carbocycles. The standard InChI is InChI=1S/C16H30N4O/c1-7-9-17-13-12-14(21-11-8-10-20(5)6)19-15(18-13)16(2,3)4/h12H,7-11H2,1-6H3,(H,17,18,19). The molecule has 1 aromatic rings. The van der Waals surface area contributed by atoms with Crippen molar-refractivity contribution in [1.29, 1.82) is 0 Å². The maximum absolute atomic E-state index is 5.80. The molecule has 1 rings (SSSR count). The van der Waals surface area contributed by atoms with Gasteiger partial charge in [0.05, 0.1) is 6.61 Å². The van der Waals surface area contributed by atoms with E-state index in [2.05, 4.69) is 62.0 Å². The Labute approximate surface area is 129 Å². The fraction of sp³-hybridized carbons (Fsp3) is 0.750. The summed E-state index contributed by atoms with van der Waals surface area (Å²) in [6.07, 6.45) is 2.05. The summed E-state index contributed by atoms with van der Waals surface area (Å²) in [5, 5.41) is 3.32. The zero-order chi connectivity index (χ0) is 15.9. The molecule has 0 aliphatic carbocycles. The van der Waals surface area contributed by atoms with E-state index in [4.69, 9.17) is 4.74 Å². The van der Waals surface area contributed by atoms with Crippen LogP contribution in [-0.4, -0.2) is 48.7 Å². The summed E-state index contributed by atoms with van der Waals surface area (Å²) in [7, 11) is 4.13. The number of aromatic nitrogens is 2. The minimum absolute atomic E-state index is 0.0916. The molecule has 0 fully saturated rings. The van der Waals surface area contributed by atoms with Crippen molar-refractivity contribution in [2.45, 2.75) is 46.0 Å². The molecule has 0 spiro atoms. The van der Waals surface area contributed by atoms with E-state index in [0.29, 0.717) is 12.5 Å². The van der Waals surface area contributed by atoms with Crippen LogP contribution in [0.1, 0.15) is 46.4 Å². The molecule has 5 nitrogen and oxygen atoms in total. The molecular weight excluding hydrogens is 264 g/mol. The molecular formula is C16H30N4O. The van der Waals surface area contributed by atoms with Crippen molar-refractivity contribution in [3.63, 3.8) is 0 Å². The van der Waals surface area contributed by atoms with E-state index >= 15 is 0 Å². The molecule has 21 heavy (non-hydrogen) atoms. The Hall–Kier alpha value is -1.36. The van der Waals surface area contributed by atoms with Gasteiger partial charge in [0, 0.05) is 24.6 Å². The van der Waals surface area contributed by atoms with Gasteiger partial charge in [-0.3, -0.25) is 0 Å². The minimum Gasteiger partial charge on any atom is -0.477 e. The van der Waals surface area contributed by atoms with E-state index in [1.807, 2.05) is 6.07 Å². The topological polar surface area (TPSA) is 50.3 Å². The van der Waals surface area contributed by atoms with Crippen molar-refractivity contribution in [1.82, 2.24) is 14.9 Å². The summed E-state index contributed by atoms with van der Waals surface area (Å²) in [5.74, 6) is 2.32. The number of nitrogens with zero attached hydrogens (tertiary/aromatic N) is 3. The Kier molecular flexibility index (Phi) is 6.89. The van der Waals surface area contributed by atoms with Crippen LogP contribution >= 0.6 is 0 Å². The first-order valence-electron chi connectivity index (χ1n) is 7.74.